The third-order valence-corrected chi connectivity index (χ3v) is 5.99. The molecule has 4 heterocycles. The number of imidazole rings is 1. The molecule has 6 nitrogen and oxygen atoms in total. The summed E-state index contributed by atoms with van der Waals surface area (Å²) in [6.07, 6.45) is 9.74. The third-order valence-electron chi connectivity index (χ3n) is 5.99. The average Bonchev–Trinajstić information content (AvgIpc) is 3.28. The molecule has 0 spiro atoms. The number of halogens is 1. The van der Waals surface area contributed by atoms with Crippen molar-refractivity contribution in [3.05, 3.63) is 63.7 Å². The van der Waals surface area contributed by atoms with E-state index >= 15 is 0 Å². The highest BCUT2D eigenvalue weighted by Gasteiger charge is 2.27. The van der Waals surface area contributed by atoms with Crippen LogP contribution < -0.4 is 5.56 Å². The summed E-state index contributed by atoms with van der Waals surface area (Å²) in [5.74, 6) is -0.270. The van der Waals surface area contributed by atoms with Crippen LogP contribution in [0.2, 0.25) is 0 Å². The van der Waals surface area contributed by atoms with Gasteiger partial charge in [0.05, 0.1) is 17.9 Å². The standard InChI is InChI=1S/C21H24FN5O/c22-16-7-8-20-23-17(13-26(20)11-16)12-25-9-3-5-18(25)14-27-21(28)10-15-4-1-2-6-19(15)24-27/h7-8,10-11,13,18H,1-6,9,12,14H2. The SMILES string of the molecule is O=c1cc2c(nn1CC1CCCN1Cc1cn3cc(F)ccc3n1)CCCC2. The van der Waals surface area contributed by atoms with E-state index in [2.05, 4.69) is 15.0 Å². The number of rotatable bonds is 4. The Bertz CT molecular complexity index is 1070. The first kappa shape index (κ1) is 17.6. The molecule has 1 aliphatic heterocycles. The molecule has 1 unspecified atom stereocenters. The normalized spacial score (nSPS) is 20.0. The third kappa shape index (κ3) is 3.35. The molecule has 7 heteroatoms. The lowest BCUT2D eigenvalue weighted by Gasteiger charge is -2.24. The number of aromatic nitrogens is 4. The van der Waals surface area contributed by atoms with Gasteiger partial charge in [-0.1, -0.05) is 0 Å². The van der Waals surface area contributed by atoms with Crippen LogP contribution in [0.15, 0.2) is 35.4 Å². The van der Waals surface area contributed by atoms with Crippen molar-refractivity contribution in [1.82, 2.24) is 24.1 Å². The minimum atomic E-state index is -0.270. The van der Waals surface area contributed by atoms with Crippen molar-refractivity contribution in [2.75, 3.05) is 6.54 Å². The van der Waals surface area contributed by atoms with Gasteiger partial charge in [0.2, 0.25) is 0 Å². The van der Waals surface area contributed by atoms with Crippen LogP contribution in [-0.4, -0.2) is 36.7 Å². The monoisotopic (exact) mass is 381 g/mol. The van der Waals surface area contributed by atoms with E-state index in [-0.39, 0.29) is 17.4 Å². The molecule has 5 rings (SSSR count). The summed E-state index contributed by atoms with van der Waals surface area (Å²) >= 11 is 0. The van der Waals surface area contributed by atoms with E-state index in [0.717, 1.165) is 67.7 Å². The molecule has 0 N–H and O–H groups in total. The molecule has 1 aliphatic carbocycles. The first-order valence-corrected chi connectivity index (χ1v) is 10.1. The molecule has 3 aromatic rings. The van der Waals surface area contributed by atoms with E-state index < -0.39 is 0 Å². The molecule has 0 amide bonds. The lowest BCUT2D eigenvalue weighted by Crippen LogP contribution is -2.37. The lowest BCUT2D eigenvalue weighted by molar-refractivity contribution is 0.214. The van der Waals surface area contributed by atoms with Crippen LogP contribution in [0, 0.1) is 5.82 Å². The van der Waals surface area contributed by atoms with Crippen LogP contribution in [0.3, 0.4) is 0 Å². The number of pyridine rings is 1. The van der Waals surface area contributed by atoms with Gasteiger partial charge in [-0.2, -0.15) is 5.10 Å². The molecular weight excluding hydrogens is 357 g/mol. The highest BCUT2D eigenvalue weighted by atomic mass is 19.1. The number of fused-ring (bicyclic) bond motifs is 2. The van der Waals surface area contributed by atoms with E-state index in [9.17, 15) is 9.18 Å². The minimum absolute atomic E-state index is 0.00991. The van der Waals surface area contributed by atoms with Crippen molar-refractivity contribution < 1.29 is 4.39 Å². The number of aryl methyl sites for hydroxylation is 2. The predicted octanol–water partition coefficient (Wildman–Crippen LogP) is 2.57. The maximum absolute atomic E-state index is 13.4. The van der Waals surface area contributed by atoms with Gasteiger partial charge in [-0.25, -0.2) is 14.1 Å². The van der Waals surface area contributed by atoms with Gasteiger partial charge in [-0.3, -0.25) is 9.69 Å². The van der Waals surface area contributed by atoms with E-state index in [0.29, 0.717) is 13.1 Å². The number of likely N-dealkylation sites (tertiary alicyclic amines) is 1. The molecule has 0 saturated carbocycles. The largest absolute Gasteiger partial charge is 0.304 e. The van der Waals surface area contributed by atoms with Gasteiger partial charge in [0.1, 0.15) is 11.5 Å². The highest BCUT2D eigenvalue weighted by Crippen LogP contribution is 2.22. The van der Waals surface area contributed by atoms with Crippen LogP contribution in [0.5, 0.6) is 0 Å². The molecule has 0 radical (unpaired) electrons. The van der Waals surface area contributed by atoms with Crippen LogP contribution in [0.1, 0.15) is 42.6 Å². The van der Waals surface area contributed by atoms with E-state index in [1.54, 1.807) is 21.2 Å². The molecule has 1 fully saturated rings. The summed E-state index contributed by atoms with van der Waals surface area (Å²) in [5, 5.41) is 4.68. The van der Waals surface area contributed by atoms with Crippen molar-refractivity contribution in [2.24, 2.45) is 0 Å². The van der Waals surface area contributed by atoms with Gasteiger partial charge in [0.25, 0.3) is 5.56 Å². The second-order valence-electron chi connectivity index (χ2n) is 7.96. The van der Waals surface area contributed by atoms with Crippen molar-refractivity contribution in [3.8, 4) is 0 Å². The minimum Gasteiger partial charge on any atom is -0.304 e. The summed E-state index contributed by atoms with van der Waals surface area (Å²) in [5.41, 5.74) is 3.91. The summed E-state index contributed by atoms with van der Waals surface area (Å²) < 4.78 is 16.8. The molecule has 0 bridgehead atoms. The van der Waals surface area contributed by atoms with Gasteiger partial charge >= 0.3 is 0 Å². The van der Waals surface area contributed by atoms with Crippen molar-refractivity contribution >= 4 is 5.65 Å². The van der Waals surface area contributed by atoms with Gasteiger partial charge in [-0.15, -0.1) is 0 Å². The number of hydrogen-bond donors (Lipinski definition) is 0. The van der Waals surface area contributed by atoms with Crippen LogP contribution >= 0.6 is 0 Å². The summed E-state index contributed by atoms with van der Waals surface area (Å²) in [6.45, 7) is 2.30. The smallest absolute Gasteiger partial charge is 0.267 e. The molecule has 146 valence electrons. The maximum atomic E-state index is 13.4. The Balaban J connectivity index is 1.34. The fraction of sp³-hybridized carbons (Fsp3) is 0.476. The molecule has 1 atom stereocenters. The Morgan fingerprint density at radius 3 is 2.96 bits per heavy atom. The van der Waals surface area contributed by atoms with Gasteiger partial charge < -0.3 is 4.40 Å². The highest BCUT2D eigenvalue weighted by molar-refractivity contribution is 5.39. The van der Waals surface area contributed by atoms with Crippen LogP contribution in [-0.2, 0) is 25.9 Å². The quantitative estimate of drug-likeness (QED) is 0.697. The number of nitrogens with zero attached hydrogens (tertiary/aromatic N) is 5. The molecule has 28 heavy (non-hydrogen) atoms. The molecule has 0 aromatic carbocycles. The molecule has 1 saturated heterocycles. The lowest BCUT2D eigenvalue weighted by atomic mass is 9.97. The van der Waals surface area contributed by atoms with Crippen molar-refractivity contribution in [1.29, 1.82) is 0 Å². The summed E-state index contributed by atoms with van der Waals surface area (Å²) in [7, 11) is 0. The molecule has 2 aliphatic rings. The zero-order valence-corrected chi connectivity index (χ0v) is 15.9. The Morgan fingerprint density at radius 1 is 1.14 bits per heavy atom. The van der Waals surface area contributed by atoms with Crippen molar-refractivity contribution in [3.63, 3.8) is 0 Å². The van der Waals surface area contributed by atoms with Crippen molar-refractivity contribution in [2.45, 2.75) is 57.7 Å². The van der Waals surface area contributed by atoms with E-state index in [4.69, 9.17) is 0 Å². The van der Waals surface area contributed by atoms with Gasteiger partial charge in [0.15, 0.2) is 0 Å². The Morgan fingerprint density at radius 2 is 2.04 bits per heavy atom. The van der Waals surface area contributed by atoms with Gasteiger partial charge in [-0.05, 0) is 62.8 Å². The second-order valence-corrected chi connectivity index (χ2v) is 7.96. The average molecular weight is 381 g/mol. The fourth-order valence-corrected chi connectivity index (χ4v) is 4.54. The zero-order chi connectivity index (χ0) is 19.1. The topological polar surface area (TPSA) is 55.4 Å². The van der Waals surface area contributed by atoms with Crippen LogP contribution in [0.25, 0.3) is 5.65 Å². The summed E-state index contributed by atoms with van der Waals surface area (Å²) in [6, 6.07) is 5.18. The van der Waals surface area contributed by atoms with E-state index in [1.165, 1.54) is 12.3 Å². The number of hydrogen-bond acceptors (Lipinski definition) is 4. The predicted molar refractivity (Wildman–Crippen MR) is 104 cm³/mol. The summed E-state index contributed by atoms with van der Waals surface area (Å²) in [4.78, 5) is 19.5. The Hall–Kier alpha value is -2.54. The first-order chi connectivity index (χ1) is 13.7. The molecular formula is C21H24FN5O. The maximum Gasteiger partial charge on any atom is 0.267 e. The van der Waals surface area contributed by atoms with Crippen LogP contribution in [0.4, 0.5) is 4.39 Å². The second kappa shape index (κ2) is 7.13. The Labute approximate surface area is 162 Å². The fourth-order valence-electron chi connectivity index (χ4n) is 4.54. The molecule has 3 aromatic heterocycles. The van der Waals surface area contributed by atoms with Gasteiger partial charge in [0, 0.05) is 31.0 Å². The first-order valence-electron chi connectivity index (χ1n) is 10.1. The zero-order valence-electron chi connectivity index (χ0n) is 15.9. The van der Waals surface area contributed by atoms with E-state index in [1.807, 2.05) is 6.20 Å². The Kier molecular flexibility index (Phi) is 4.47.